The molecule has 1 N–H and O–H groups in total. The van der Waals surface area contributed by atoms with Crippen LogP contribution in [-0.4, -0.2) is 46.7 Å². The molecule has 0 fully saturated rings. The largest absolute Gasteiger partial charge is 0.502 e. The van der Waals surface area contributed by atoms with Gasteiger partial charge in [0.2, 0.25) is 5.43 Å². The molecule has 174 valence electrons. The number of fused-ring (bicyclic) bond motifs is 5. The summed E-state index contributed by atoms with van der Waals surface area (Å²) in [6, 6.07) is 13.1. The number of hydrogen-bond donors (Lipinski definition) is 1. The van der Waals surface area contributed by atoms with Crippen molar-refractivity contribution in [2.45, 2.75) is 10.9 Å². The molecule has 0 aliphatic carbocycles. The van der Waals surface area contributed by atoms with E-state index in [2.05, 4.69) is 0 Å². The third-order valence-corrected chi connectivity index (χ3v) is 6.79. The van der Waals surface area contributed by atoms with Gasteiger partial charge >= 0.3 is 0 Å². The molecule has 2 bridgehead atoms. The number of carbonyl (C=O) groups excluding carboxylic acids is 1. The Hall–Kier alpha value is -3.72. The fourth-order valence-corrected chi connectivity index (χ4v) is 5.04. The highest BCUT2D eigenvalue weighted by atomic mass is 32.2. The Balaban J connectivity index is 1.84. The molecule has 0 saturated heterocycles. The van der Waals surface area contributed by atoms with Crippen molar-refractivity contribution < 1.29 is 19.0 Å². The van der Waals surface area contributed by atoms with E-state index in [0.717, 1.165) is 10.5 Å². The minimum absolute atomic E-state index is 0.116. The van der Waals surface area contributed by atoms with Crippen molar-refractivity contribution in [2.24, 2.45) is 0 Å². The third kappa shape index (κ3) is 3.62. The smallest absolute Gasteiger partial charge is 0.278 e. The van der Waals surface area contributed by atoms with E-state index in [0.29, 0.717) is 5.56 Å². The Bertz CT molecular complexity index is 1360. The first-order valence-electron chi connectivity index (χ1n) is 10.7. The Morgan fingerprint density at radius 3 is 2.68 bits per heavy atom. The summed E-state index contributed by atoms with van der Waals surface area (Å²) in [5, 5.41) is 12.4. The fourth-order valence-electron chi connectivity index (χ4n) is 4.41. The molecule has 9 heteroatoms. The van der Waals surface area contributed by atoms with Crippen LogP contribution in [0.2, 0.25) is 0 Å². The van der Waals surface area contributed by atoms with Crippen LogP contribution in [0.4, 0.5) is 4.39 Å². The summed E-state index contributed by atoms with van der Waals surface area (Å²) in [7, 11) is 0. The number of aromatic nitrogens is 1. The van der Waals surface area contributed by atoms with Crippen LogP contribution in [0.5, 0.6) is 11.5 Å². The van der Waals surface area contributed by atoms with Crippen molar-refractivity contribution in [3.63, 3.8) is 0 Å². The molecular formula is C25H22FN3O4S. The SMILES string of the molecule is CSc1ccccc1[C@H]1c2cccc(F)c2OC/C=C\CN2CN1n1ccc(=O)c(O)c1C2=O. The predicted octanol–water partition coefficient (Wildman–Crippen LogP) is 3.50. The van der Waals surface area contributed by atoms with E-state index in [1.807, 2.05) is 35.5 Å². The number of hydrogen-bond acceptors (Lipinski definition) is 6. The number of aromatic hydroxyl groups is 1. The Labute approximate surface area is 199 Å². The van der Waals surface area contributed by atoms with Gasteiger partial charge in [0.1, 0.15) is 19.3 Å². The number of halogens is 1. The van der Waals surface area contributed by atoms with Crippen LogP contribution < -0.4 is 15.2 Å². The molecule has 3 aromatic rings. The summed E-state index contributed by atoms with van der Waals surface area (Å²) in [4.78, 5) is 28.0. The average Bonchev–Trinajstić information content (AvgIpc) is 2.87. The molecule has 34 heavy (non-hydrogen) atoms. The molecule has 1 amide bonds. The van der Waals surface area contributed by atoms with E-state index in [1.54, 1.807) is 36.0 Å². The molecule has 0 saturated carbocycles. The van der Waals surface area contributed by atoms with Crippen LogP contribution >= 0.6 is 11.8 Å². The van der Waals surface area contributed by atoms with Crippen LogP contribution in [0.15, 0.2) is 76.6 Å². The molecule has 0 spiro atoms. The van der Waals surface area contributed by atoms with E-state index in [-0.39, 0.29) is 31.3 Å². The molecule has 2 aliphatic heterocycles. The van der Waals surface area contributed by atoms with E-state index < -0.39 is 28.9 Å². The molecule has 7 nitrogen and oxygen atoms in total. The molecule has 2 aromatic carbocycles. The van der Waals surface area contributed by atoms with Crippen molar-refractivity contribution in [1.29, 1.82) is 0 Å². The number of pyridine rings is 1. The zero-order valence-electron chi connectivity index (χ0n) is 18.3. The average molecular weight is 480 g/mol. The second kappa shape index (κ2) is 8.90. The summed E-state index contributed by atoms with van der Waals surface area (Å²) >= 11 is 1.55. The summed E-state index contributed by atoms with van der Waals surface area (Å²) in [5.41, 5.74) is 0.667. The Morgan fingerprint density at radius 2 is 1.85 bits per heavy atom. The summed E-state index contributed by atoms with van der Waals surface area (Å²) in [5.74, 6) is -1.46. The highest BCUT2D eigenvalue weighted by molar-refractivity contribution is 7.98. The molecule has 1 atom stereocenters. The van der Waals surface area contributed by atoms with Gasteiger partial charge < -0.3 is 14.7 Å². The monoisotopic (exact) mass is 479 g/mol. The first kappa shape index (κ1) is 22.1. The fraction of sp³-hybridized carbons (Fsp3) is 0.200. The molecule has 2 aliphatic rings. The number of ether oxygens (including phenoxy) is 1. The number of benzene rings is 2. The van der Waals surface area contributed by atoms with Gasteiger partial charge in [0.15, 0.2) is 23.0 Å². The Morgan fingerprint density at radius 1 is 1.06 bits per heavy atom. The van der Waals surface area contributed by atoms with Crippen LogP contribution in [0.3, 0.4) is 0 Å². The summed E-state index contributed by atoms with van der Waals surface area (Å²) in [6.45, 7) is 0.502. The zero-order chi connectivity index (χ0) is 23.8. The minimum Gasteiger partial charge on any atom is -0.502 e. The van der Waals surface area contributed by atoms with Gasteiger partial charge in [-0.15, -0.1) is 11.8 Å². The van der Waals surface area contributed by atoms with Crippen molar-refractivity contribution in [3.05, 3.63) is 99.7 Å². The standard InChI is InChI=1S/C25H22FN3O4S/c1-34-20-10-3-2-7-16(20)21-17-8-6-9-18(26)24(17)33-14-5-4-12-27-15-29(21)28-13-11-19(30)23(31)22(28)25(27)32/h2-11,13,21,31H,12,14-15H2,1H3/b5-4-/t21-/m0/s1. The first-order chi connectivity index (χ1) is 16.5. The quantitative estimate of drug-likeness (QED) is 0.448. The first-order valence-corrected chi connectivity index (χ1v) is 11.9. The maximum atomic E-state index is 15.1. The number of nitrogens with zero attached hydrogens (tertiary/aromatic N) is 3. The molecule has 0 unspecified atom stereocenters. The number of rotatable bonds is 2. The summed E-state index contributed by atoms with van der Waals surface area (Å²) in [6.07, 6.45) is 6.90. The van der Waals surface area contributed by atoms with E-state index in [1.165, 1.54) is 27.9 Å². The van der Waals surface area contributed by atoms with Gasteiger partial charge in [-0.25, -0.2) is 4.39 Å². The molecule has 5 rings (SSSR count). The lowest BCUT2D eigenvalue weighted by atomic mass is 9.96. The molecule has 1 aromatic heterocycles. The third-order valence-electron chi connectivity index (χ3n) is 5.98. The van der Waals surface area contributed by atoms with Crippen molar-refractivity contribution >= 4 is 17.7 Å². The molecule has 0 radical (unpaired) electrons. The number of amides is 1. The number of para-hydroxylation sites is 1. The Kier molecular flexibility index (Phi) is 5.79. The van der Waals surface area contributed by atoms with Crippen molar-refractivity contribution in [1.82, 2.24) is 9.58 Å². The van der Waals surface area contributed by atoms with Gasteiger partial charge in [-0.1, -0.05) is 36.4 Å². The lowest BCUT2D eigenvalue weighted by Gasteiger charge is -2.44. The normalized spacial score (nSPS) is 18.4. The second-order valence-corrected chi connectivity index (χ2v) is 8.76. The van der Waals surface area contributed by atoms with E-state index >= 15 is 4.39 Å². The molecular weight excluding hydrogens is 457 g/mol. The maximum Gasteiger partial charge on any atom is 0.278 e. The predicted molar refractivity (Wildman–Crippen MR) is 128 cm³/mol. The van der Waals surface area contributed by atoms with E-state index in [4.69, 9.17) is 4.74 Å². The van der Waals surface area contributed by atoms with Gasteiger partial charge in [0.05, 0.1) is 0 Å². The lowest BCUT2D eigenvalue weighted by Crippen LogP contribution is -2.55. The number of thioether (sulfide) groups is 1. The van der Waals surface area contributed by atoms with Crippen molar-refractivity contribution in [2.75, 3.05) is 31.1 Å². The van der Waals surface area contributed by atoms with Gasteiger partial charge in [-0.3, -0.25) is 19.3 Å². The maximum absolute atomic E-state index is 15.1. The topological polar surface area (TPSA) is 75.0 Å². The van der Waals surface area contributed by atoms with Crippen LogP contribution in [-0.2, 0) is 0 Å². The van der Waals surface area contributed by atoms with Gasteiger partial charge in [-0.05, 0) is 30.0 Å². The second-order valence-electron chi connectivity index (χ2n) is 7.92. The highest BCUT2D eigenvalue weighted by Crippen LogP contribution is 2.40. The molecule has 3 heterocycles. The van der Waals surface area contributed by atoms with Gasteiger partial charge in [-0.2, -0.15) is 0 Å². The van der Waals surface area contributed by atoms with Crippen LogP contribution in [0, 0.1) is 5.82 Å². The number of carbonyl (C=O) groups is 1. The van der Waals surface area contributed by atoms with Crippen LogP contribution in [0.1, 0.15) is 27.7 Å². The van der Waals surface area contributed by atoms with Crippen molar-refractivity contribution in [3.8, 4) is 11.5 Å². The van der Waals surface area contributed by atoms with Crippen LogP contribution in [0.25, 0.3) is 0 Å². The van der Waals surface area contributed by atoms with Gasteiger partial charge in [0.25, 0.3) is 5.91 Å². The highest BCUT2D eigenvalue weighted by Gasteiger charge is 2.38. The van der Waals surface area contributed by atoms with Gasteiger partial charge in [0, 0.05) is 29.3 Å². The zero-order valence-corrected chi connectivity index (χ0v) is 19.2. The van der Waals surface area contributed by atoms with E-state index in [9.17, 15) is 14.7 Å². The lowest BCUT2D eigenvalue weighted by molar-refractivity contribution is 0.0701. The minimum atomic E-state index is -0.642. The summed E-state index contributed by atoms with van der Waals surface area (Å²) < 4.78 is 22.4.